The fourth-order valence-corrected chi connectivity index (χ4v) is 5.82. The summed E-state index contributed by atoms with van der Waals surface area (Å²) in [5, 5.41) is 21.4. The first-order chi connectivity index (χ1) is 16.5. The van der Waals surface area contributed by atoms with Gasteiger partial charge in [-0.1, -0.05) is 42.7 Å². The summed E-state index contributed by atoms with van der Waals surface area (Å²) in [6.07, 6.45) is 6.90. The summed E-state index contributed by atoms with van der Waals surface area (Å²) in [6.45, 7) is 1.87. The molecule has 2 fully saturated rings. The standard InChI is InChI=1S/C23H21N5O4S2/c1-14-25-26-22(33-14)24-23-27(15-7-3-2-4-8-15)21(29)20(34-23)13-16-11-12-19(32-16)17-9-5-6-10-18(17)28(30)31/h5-6,9-13,15H,2-4,7-8H2,1H3/b20-13+,24-23+. The Morgan fingerprint density at radius 1 is 1.18 bits per heavy atom. The summed E-state index contributed by atoms with van der Waals surface area (Å²) in [5.41, 5.74) is 0.355. The Kier molecular flexibility index (Phi) is 6.29. The number of para-hydroxylation sites is 1. The minimum absolute atomic E-state index is 0.0346. The summed E-state index contributed by atoms with van der Waals surface area (Å²) >= 11 is 2.67. The Balaban J connectivity index is 1.47. The van der Waals surface area contributed by atoms with Crippen molar-refractivity contribution >= 4 is 51.1 Å². The second-order valence-corrected chi connectivity index (χ2v) is 10.2. The van der Waals surface area contributed by atoms with Crippen LogP contribution in [-0.2, 0) is 4.79 Å². The number of nitro benzene ring substituents is 1. The molecule has 5 rings (SSSR count). The van der Waals surface area contributed by atoms with E-state index in [4.69, 9.17) is 4.42 Å². The maximum absolute atomic E-state index is 13.4. The highest BCUT2D eigenvalue weighted by atomic mass is 32.2. The highest BCUT2D eigenvalue weighted by Crippen LogP contribution is 2.39. The minimum Gasteiger partial charge on any atom is -0.456 e. The van der Waals surface area contributed by atoms with Crippen LogP contribution in [0.3, 0.4) is 0 Å². The number of rotatable bonds is 5. The number of aromatic nitrogens is 2. The molecule has 3 heterocycles. The molecule has 0 spiro atoms. The second-order valence-electron chi connectivity index (χ2n) is 8.05. The van der Waals surface area contributed by atoms with Crippen LogP contribution in [0.1, 0.15) is 42.9 Å². The number of nitro groups is 1. The lowest BCUT2D eigenvalue weighted by Gasteiger charge is -2.30. The first-order valence-corrected chi connectivity index (χ1v) is 12.6. The van der Waals surface area contributed by atoms with Gasteiger partial charge in [0.15, 0.2) is 5.17 Å². The van der Waals surface area contributed by atoms with Crippen LogP contribution in [0, 0.1) is 17.0 Å². The monoisotopic (exact) mass is 495 g/mol. The zero-order valence-corrected chi connectivity index (χ0v) is 20.0. The lowest BCUT2D eigenvalue weighted by Crippen LogP contribution is -2.40. The summed E-state index contributed by atoms with van der Waals surface area (Å²) < 4.78 is 5.88. The van der Waals surface area contributed by atoms with E-state index in [2.05, 4.69) is 15.2 Å². The molecule has 1 saturated heterocycles. The molecule has 1 aliphatic carbocycles. The highest BCUT2D eigenvalue weighted by Gasteiger charge is 2.39. The molecule has 1 aliphatic heterocycles. The van der Waals surface area contributed by atoms with Gasteiger partial charge in [0.05, 0.1) is 15.4 Å². The van der Waals surface area contributed by atoms with Crippen molar-refractivity contribution in [1.29, 1.82) is 0 Å². The number of aryl methyl sites for hydroxylation is 1. The molecule has 9 nitrogen and oxygen atoms in total. The largest absolute Gasteiger partial charge is 0.456 e. The fraction of sp³-hybridized carbons (Fsp3) is 0.304. The van der Waals surface area contributed by atoms with E-state index < -0.39 is 4.92 Å². The molecule has 3 aromatic rings. The zero-order chi connectivity index (χ0) is 23.7. The average Bonchev–Trinajstić information content (AvgIpc) is 3.55. The zero-order valence-electron chi connectivity index (χ0n) is 18.3. The number of aliphatic imine (C=N–C) groups is 1. The molecule has 0 radical (unpaired) electrons. The van der Waals surface area contributed by atoms with Crippen molar-refractivity contribution in [2.24, 2.45) is 4.99 Å². The van der Waals surface area contributed by atoms with Gasteiger partial charge in [-0.3, -0.25) is 19.8 Å². The van der Waals surface area contributed by atoms with E-state index in [1.807, 2.05) is 6.92 Å². The van der Waals surface area contributed by atoms with Crippen molar-refractivity contribution in [3.8, 4) is 11.3 Å². The molecule has 0 unspecified atom stereocenters. The number of hydrogen-bond donors (Lipinski definition) is 0. The lowest BCUT2D eigenvalue weighted by molar-refractivity contribution is -0.384. The summed E-state index contributed by atoms with van der Waals surface area (Å²) in [7, 11) is 0. The SMILES string of the molecule is Cc1nnc(/N=C2/S/C(=C/c3ccc(-c4ccccc4[N+](=O)[O-])o3)C(=O)N2C2CCCCC2)s1. The maximum atomic E-state index is 13.4. The predicted molar refractivity (Wildman–Crippen MR) is 132 cm³/mol. The molecular formula is C23H21N5O4S2. The number of carbonyl (C=O) groups excluding carboxylic acids is 1. The lowest BCUT2D eigenvalue weighted by atomic mass is 9.94. The molecule has 34 heavy (non-hydrogen) atoms. The van der Waals surface area contributed by atoms with Gasteiger partial charge in [0.1, 0.15) is 16.5 Å². The number of carbonyl (C=O) groups is 1. The van der Waals surface area contributed by atoms with Gasteiger partial charge in [-0.15, -0.1) is 10.2 Å². The third-order valence-electron chi connectivity index (χ3n) is 5.75. The van der Waals surface area contributed by atoms with E-state index in [9.17, 15) is 14.9 Å². The van der Waals surface area contributed by atoms with E-state index >= 15 is 0 Å². The Hall–Kier alpha value is -3.31. The Morgan fingerprint density at radius 3 is 2.71 bits per heavy atom. The van der Waals surface area contributed by atoms with Crippen LogP contribution in [0.2, 0.25) is 0 Å². The van der Waals surface area contributed by atoms with Crippen molar-refractivity contribution in [3.63, 3.8) is 0 Å². The van der Waals surface area contributed by atoms with Gasteiger partial charge in [0.2, 0.25) is 5.13 Å². The first kappa shape index (κ1) is 22.5. The molecule has 2 aliphatic rings. The molecule has 1 amide bonds. The Morgan fingerprint density at radius 2 is 1.97 bits per heavy atom. The molecule has 0 N–H and O–H groups in total. The van der Waals surface area contributed by atoms with Gasteiger partial charge in [0, 0.05) is 18.2 Å². The number of benzene rings is 1. The van der Waals surface area contributed by atoms with Gasteiger partial charge in [-0.25, -0.2) is 0 Å². The second kappa shape index (κ2) is 9.51. The topological polar surface area (TPSA) is 115 Å². The van der Waals surface area contributed by atoms with E-state index in [0.29, 0.717) is 32.3 Å². The summed E-state index contributed by atoms with van der Waals surface area (Å²) in [6, 6.07) is 9.90. The molecule has 1 saturated carbocycles. The predicted octanol–water partition coefficient (Wildman–Crippen LogP) is 5.95. The number of amides is 1. The number of hydrogen-bond acceptors (Lipinski definition) is 9. The van der Waals surface area contributed by atoms with Crippen LogP contribution < -0.4 is 0 Å². The summed E-state index contributed by atoms with van der Waals surface area (Å²) in [5.74, 6) is 0.707. The van der Waals surface area contributed by atoms with E-state index in [1.165, 1.54) is 35.6 Å². The quantitative estimate of drug-likeness (QED) is 0.244. The smallest absolute Gasteiger partial charge is 0.280 e. The summed E-state index contributed by atoms with van der Waals surface area (Å²) in [4.78, 5) is 31.3. The van der Waals surface area contributed by atoms with Gasteiger partial charge < -0.3 is 4.42 Å². The average molecular weight is 496 g/mol. The first-order valence-electron chi connectivity index (χ1n) is 10.9. The number of furan rings is 1. The fourth-order valence-electron chi connectivity index (χ4n) is 4.18. The molecule has 1 aromatic carbocycles. The third kappa shape index (κ3) is 4.53. The highest BCUT2D eigenvalue weighted by molar-refractivity contribution is 8.18. The van der Waals surface area contributed by atoms with Crippen LogP contribution in [0.15, 0.2) is 50.7 Å². The third-order valence-corrected chi connectivity index (χ3v) is 7.47. The number of amidine groups is 1. The normalized spacial score (nSPS) is 19.4. The van der Waals surface area contributed by atoms with Crippen molar-refractivity contribution in [2.75, 3.05) is 0 Å². The minimum atomic E-state index is -0.438. The van der Waals surface area contributed by atoms with E-state index in [0.717, 1.165) is 30.7 Å². The van der Waals surface area contributed by atoms with Crippen LogP contribution in [0.4, 0.5) is 10.8 Å². The Bertz CT molecular complexity index is 1310. The molecule has 174 valence electrons. The van der Waals surface area contributed by atoms with Crippen molar-refractivity contribution in [2.45, 2.75) is 45.1 Å². The van der Waals surface area contributed by atoms with Crippen molar-refractivity contribution < 1.29 is 14.1 Å². The maximum Gasteiger partial charge on any atom is 0.280 e. The van der Waals surface area contributed by atoms with Gasteiger partial charge in [-0.05, 0) is 49.7 Å². The molecular weight excluding hydrogens is 474 g/mol. The molecule has 2 aromatic heterocycles. The number of thioether (sulfide) groups is 1. The van der Waals surface area contributed by atoms with Crippen LogP contribution in [0.5, 0.6) is 0 Å². The molecule has 11 heteroatoms. The van der Waals surface area contributed by atoms with Crippen molar-refractivity contribution in [3.05, 3.63) is 62.2 Å². The molecule has 0 bridgehead atoms. The van der Waals surface area contributed by atoms with Crippen molar-refractivity contribution in [1.82, 2.24) is 15.1 Å². The van der Waals surface area contributed by atoms with E-state index in [1.54, 1.807) is 41.3 Å². The van der Waals surface area contributed by atoms with Gasteiger partial charge >= 0.3 is 0 Å². The molecule has 0 atom stereocenters. The van der Waals surface area contributed by atoms with Crippen LogP contribution in [-0.4, -0.2) is 37.1 Å². The van der Waals surface area contributed by atoms with Gasteiger partial charge in [0.25, 0.3) is 11.6 Å². The van der Waals surface area contributed by atoms with E-state index in [-0.39, 0.29) is 17.6 Å². The number of nitrogens with zero attached hydrogens (tertiary/aromatic N) is 5. The van der Waals surface area contributed by atoms with Crippen LogP contribution in [0.25, 0.3) is 17.4 Å². The van der Waals surface area contributed by atoms with Gasteiger partial charge in [-0.2, -0.15) is 4.99 Å². The Labute approximate surface area is 203 Å². The van der Waals surface area contributed by atoms with Crippen LogP contribution >= 0.6 is 23.1 Å².